The highest BCUT2D eigenvalue weighted by Crippen LogP contribution is 2.14. The van der Waals surface area contributed by atoms with Crippen molar-refractivity contribution >= 4 is 17.6 Å². The number of benzene rings is 1. The topological polar surface area (TPSA) is 79.3 Å². The van der Waals surface area contributed by atoms with E-state index < -0.39 is 5.97 Å². The summed E-state index contributed by atoms with van der Waals surface area (Å²) in [4.78, 5) is 26.8. The summed E-state index contributed by atoms with van der Waals surface area (Å²) in [6.07, 6.45) is 2.64. The molecule has 1 aromatic carbocycles. The number of amides is 1. The van der Waals surface area contributed by atoms with Gasteiger partial charge in [0.2, 0.25) is 0 Å². The van der Waals surface area contributed by atoms with Gasteiger partial charge in [0.15, 0.2) is 0 Å². The molecule has 0 aliphatic rings. The molecule has 2 N–H and O–H groups in total. The van der Waals surface area contributed by atoms with E-state index in [1.807, 2.05) is 26.0 Å². The molecule has 5 nitrogen and oxygen atoms in total. The molecule has 1 aromatic heterocycles. The van der Waals surface area contributed by atoms with Crippen LogP contribution in [0.1, 0.15) is 31.8 Å². The SMILES string of the molecule is Cc1ccc(C(=O)Nc2cncc(C(=O)O)c2)c(C)c1. The number of carbonyl (C=O) groups is 2. The van der Waals surface area contributed by atoms with Gasteiger partial charge in [-0.3, -0.25) is 9.78 Å². The lowest BCUT2D eigenvalue weighted by atomic mass is 10.1. The maximum atomic E-state index is 12.1. The number of carboxylic acids is 1. The summed E-state index contributed by atoms with van der Waals surface area (Å²) in [5.41, 5.74) is 2.88. The molecule has 0 unspecified atom stereocenters. The van der Waals surface area contributed by atoms with Gasteiger partial charge in [-0.2, -0.15) is 0 Å². The van der Waals surface area contributed by atoms with E-state index in [1.54, 1.807) is 6.07 Å². The quantitative estimate of drug-likeness (QED) is 0.898. The predicted octanol–water partition coefficient (Wildman–Crippen LogP) is 2.65. The van der Waals surface area contributed by atoms with Crippen LogP contribution in [0.25, 0.3) is 0 Å². The van der Waals surface area contributed by atoms with E-state index in [4.69, 9.17) is 5.11 Å². The lowest BCUT2D eigenvalue weighted by molar-refractivity contribution is 0.0696. The highest BCUT2D eigenvalue weighted by molar-refractivity contribution is 6.05. The van der Waals surface area contributed by atoms with E-state index in [-0.39, 0.29) is 11.5 Å². The molecule has 0 aliphatic heterocycles. The zero-order chi connectivity index (χ0) is 14.7. The minimum atomic E-state index is -1.08. The van der Waals surface area contributed by atoms with Crippen molar-refractivity contribution in [1.29, 1.82) is 0 Å². The lowest BCUT2D eigenvalue weighted by Gasteiger charge is -2.08. The molecular weight excluding hydrogens is 256 g/mol. The molecule has 2 rings (SSSR count). The van der Waals surface area contributed by atoms with E-state index in [9.17, 15) is 9.59 Å². The molecule has 20 heavy (non-hydrogen) atoms. The molecule has 2 aromatic rings. The average molecular weight is 270 g/mol. The van der Waals surface area contributed by atoms with Gasteiger partial charge in [0.1, 0.15) is 0 Å². The fourth-order valence-corrected chi connectivity index (χ4v) is 1.89. The molecule has 1 heterocycles. The zero-order valence-corrected chi connectivity index (χ0v) is 11.2. The van der Waals surface area contributed by atoms with Crippen LogP contribution in [0.15, 0.2) is 36.7 Å². The molecule has 102 valence electrons. The Kier molecular flexibility index (Phi) is 3.79. The van der Waals surface area contributed by atoms with Crippen molar-refractivity contribution in [3.05, 3.63) is 58.9 Å². The second-order valence-electron chi connectivity index (χ2n) is 4.54. The molecule has 0 spiro atoms. The number of hydrogen-bond acceptors (Lipinski definition) is 3. The summed E-state index contributed by atoms with van der Waals surface area (Å²) >= 11 is 0. The van der Waals surface area contributed by atoms with E-state index >= 15 is 0 Å². The van der Waals surface area contributed by atoms with Crippen LogP contribution in [-0.4, -0.2) is 22.0 Å². The number of carbonyl (C=O) groups excluding carboxylic acids is 1. The van der Waals surface area contributed by atoms with Crippen LogP contribution < -0.4 is 5.32 Å². The van der Waals surface area contributed by atoms with Crippen molar-refractivity contribution in [1.82, 2.24) is 4.98 Å². The third-order valence-corrected chi connectivity index (χ3v) is 2.87. The maximum absolute atomic E-state index is 12.1. The number of nitrogens with one attached hydrogen (secondary N) is 1. The number of rotatable bonds is 3. The molecule has 5 heteroatoms. The van der Waals surface area contributed by atoms with E-state index in [1.165, 1.54) is 18.5 Å². The number of carboxylic acid groups (broad SMARTS) is 1. The van der Waals surface area contributed by atoms with Crippen molar-refractivity contribution < 1.29 is 14.7 Å². The monoisotopic (exact) mass is 270 g/mol. The normalized spacial score (nSPS) is 10.1. The first-order valence-corrected chi connectivity index (χ1v) is 6.04. The number of nitrogens with zero attached hydrogens (tertiary/aromatic N) is 1. The first-order valence-electron chi connectivity index (χ1n) is 6.04. The molecule has 0 saturated heterocycles. The Morgan fingerprint density at radius 3 is 2.55 bits per heavy atom. The van der Waals surface area contributed by atoms with Crippen LogP contribution in [0.3, 0.4) is 0 Å². The molecular formula is C15H14N2O3. The highest BCUT2D eigenvalue weighted by Gasteiger charge is 2.11. The van der Waals surface area contributed by atoms with E-state index in [0.717, 1.165) is 11.1 Å². The molecule has 0 bridgehead atoms. The van der Waals surface area contributed by atoms with Crippen molar-refractivity contribution in [3.8, 4) is 0 Å². The molecule has 0 saturated carbocycles. The van der Waals surface area contributed by atoms with Crippen LogP contribution in [0.2, 0.25) is 0 Å². The predicted molar refractivity (Wildman–Crippen MR) is 75.1 cm³/mol. The maximum Gasteiger partial charge on any atom is 0.337 e. The Morgan fingerprint density at radius 1 is 1.15 bits per heavy atom. The van der Waals surface area contributed by atoms with E-state index in [2.05, 4.69) is 10.3 Å². The Bertz CT molecular complexity index is 681. The third-order valence-electron chi connectivity index (χ3n) is 2.87. The van der Waals surface area contributed by atoms with Gasteiger partial charge in [-0.1, -0.05) is 17.7 Å². The van der Waals surface area contributed by atoms with Gasteiger partial charge in [0.05, 0.1) is 17.4 Å². The summed E-state index contributed by atoms with van der Waals surface area (Å²) < 4.78 is 0. The fraction of sp³-hybridized carbons (Fsp3) is 0.133. The van der Waals surface area contributed by atoms with Gasteiger partial charge in [0.25, 0.3) is 5.91 Å². The first kappa shape index (κ1) is 13.7. The lowest BCUT2D eigenvalue weighted by Crippen LogP contribution is -2.14. The number of aryl methyl sites for hydroxylation is 2. The number of hydrogen-bond donors (Lipinski definition) is 2. The Hall–Kier alpha value is -2.69. The van der Waals surface area contributed by atoms with Crippen LogP contribution in [-0.2, 0) is 0 Å². The van der Waals surface area contributed by atoms with Crippen LogP contribution in [0, 0.1) is 13.8 Å². The Labute approximate surface area is 116 Å². The van der Waals surface area contributed by atoms with Crippen LogP contribution in [0.4, 0.5) is 5.69 Å². The smallest absolute Gasteiger partial charge is 0.337 e. The average Bonchev–Trinajstić information content (AvgIpc) is 2.38. The standard InChI is InChI=1S/C15H14N2O3/c1-9-3-4-13(10(2)5-9)14(18)17-12-6-11(15(19)20)7-16-8-12/h3-8H,1-2H3,(H,17,18)(H,19,20). The third kappa shape index (κ3) is 3.00. The first-order chi connectivity index (χ1) is 9.47. The number of aromatic carboxylic acids is 1. The van der Waals surface area contributed by atoms with Gasteiger partial charge in [-0.25, -0.2) is 4.79 Å². The molecule has 0 fully saturated rings. The fourth-order valence-electron chi connectivity index (χ4n) is 1.89. The summed E-state index contributed by atoms with van der Waals surface area (Å²) in [5.74, 6) is -1.37. The van der Waals surface area contributed by atoms with Gasteiger partial charge in [0, 0.05) is 11.8 Å². The van der Waals surface area contributed by atoms with Crippen molar-refractivity contribution in [3.63, 3.8) is 0 Å². The molecule has 0 aliphatic carbocycles. The zero-order valence-electron chi connectivity index (χ0n) is 11.2. The highest BCUT2D eigenvalue weighted by atomic mass is 16.4. The van der Waals surface area contributed by atoms with Gasteiger partial charge in [-0.15, -0.1) is 0 Å². The minimum Gasteiger partial charge on any atom is -0.478 e. The van der Waals surface area contributed by atoms with Crippen LogP contribution in [0.5, 0.6) is 0 Å². The largest absolute Gasteiger partial charge is 0.478 e. The van der Waals surface area contributed by atoms with Crippen molar-refractivity contribution in [2.75, 3.05) is 5.32 Å². The molecule has 0 atom stereocenters. The van der Waals surface area contributed by atoms with Gasteiger partial charge >= 0.3 is 5.97 Å². The Morgan fingerprint density at radius 2 is 1.90 bits per heavy atom. The van der Waals surface area contributed by atoms with Crippen molar-refractivity contribution in [2.45, 2.75) is 13.8 Å². The summed E-state index contributed by atoms with van der Waals surface area (Å²) in [5, 5.41) is 11.5. The number of pyridine rings is 1. The van der Waals surface area contributed by atoms with Gasteiger partial charge in [-0.05, 0) is 31.5 Å². The summed E-state index contributed by atoms with van der Waals surface area (Å²) in [7, 11) is 0. The Balaban J connectivity index is 2.23. The summed E-state index contributed by atoms with van der Waals surface area (Å²) in [6.45, 7) is 3.81. The van der Waals surface area contributed by atoms with E-state index in [0.29, 0.717) is 11.3 Å². The van der Waals surface area contributed by atoms with Crippen LogP contribution >= 0.6 is 0 Å². The second-order valence-corrected chi connectivity index (χ2v) is 4.54. The minimum absolute atomic E-state index is 0.0310. The molecule has 1 amide bonds. The van der Waals surface area contributed by atoms with Crippen molar-refractivity contribution in [2.24, 2.45) is 0 Å². The number of anilines is 1. The second kappa shape index (κ2) is 5.52. The summed E-state index contributed by atoms with van der Waals surface area (Å²) in [6, 6.07) is 6.89. The molecule has 0 radical (unpaired) electrons. The van der Waals surface area contributed by atoms with Gasteiger partial charge < -0.3 is 10.4 Å². The number of aromatic nitrogens is 1.